The summed E-state index contributed by atoms with van der Waals surface area (Å²) >= 11 is 0. The minimum atomic E-state index is -0.250. The third kappa shape index (κ3) is 3.35. The van der Waals surface area contributed by atoms with Crippen LogP contribution in [0.5, 0.6) is 0 Å². The van der Waals surface area contributed by atoms with Gasteiger partial charge in [-0.05, 0) is 41.0 Å². The van der Waals surface area contributed by atoms with Crippen LogP contribution in [0.4, 0.5) is 15.8 Å². The lowest BCUT2D eigenvalue weighted by atomic mass is 9.97. The Hall–Kier alpha value is -3.39. The van der Waals surface area contributed by atoms with E-state index in [-0.39, 0.29) is 5.82 Å². The maximum atomic E-state index is 15.3. The van der Waals surface area contributed by atoms with Crippen LogP contribution in [0.1, 0.15) is 0 Å². The minimum Gasteiger partial charge on any atom is -0.353 e. The van der Waals surface area contributed by atoms with E-state index < -0.39 is 0 Å². The number of halogens is 1. The van der Waals surface area contributed by atoms with Gasteiger partial charge in [-0.25, -0.2) is 4.39 Å². The largest absolute Gasteiger partial charge is 0.353 e. The Labute approximate surface area is 152 Å². The van der Waals surface area contributed by atoms with Crippen molar-refractivity contribution in [3.63, 3.8) is 0 Å². The van der Waals surface area contributed by atoms with Crippen molar-refractivity contribution in [2.75, 3.05) is 5.32 Å². The zero-order chi connectivity index (χ0) is 17.8. The van der Waals surface area contributed by atoms with Crippen molar-refractivity contribution < 1.29 is 4.39 Å². The molecule has 0 saturated heterocycles. The second-order valence-electron chi connectivity index (χ2n) is 6.11. The fraction of sp³-hybridized carbons (Fsp3) is 0. The van der Waals surface area contributed by atoms with Crippen molar-refractivity contribution >= 4 is 11.4 Å². The summed E-state index contributed by atoms with van der Waals surface area (Å²) in [7, 11) is 0. The van der Waals surface area contributed by atoms with Gasteiger partial charge < -0.3 is 5.32 Å². The Kier molecular flexibility index (Phi) is 4.48. The molecule has 0 aliphatic carbocycles. The molecule has 0 saturated carbocycles. The van der Waals surface area contributed by atoms with E-state index in [0.717, 1.165) is 22.4 Å². The van der Waals surface area contributed by atoms with Crippen molar-refractivity contribution in [3.8, 4) is 22.3 Å². The first-order chi connectivity index (χ1) is 12.8. The summed E-state index contributed by atoms with van der Waals surface area (Å²) in [4.78, 5) is 0. The lowest BCUT2D eigenvalue weighted by molar-refractivity contribution is 0.635. The fourth-order valence-electron chi connectivity index (χ4n) is 3.02. The molecule has 0 atom stereocenters. The number of para-hydroxylation sites is 1. The summed E-state index contributed by atoms with van der Waals surface area (Å²) in [6, 6.07) is 33.1. The maximum Gasteiger partial charge on any atom is 0.154 e. The van der Waals surface area contributed by atoms with Crippen molar-refractivity contribution in [2.24, 2.45) is 0 Å². The van der Waals surface area contributed by atoms with E-state index in [9.17, 15) is 0 Å². The normalized spacial score (nSPS) is 10.5. The number of hydrogen-bond acceptors (Lipinski definition) is 1. The molecule has 0 bridgehead atoms. The van der Waals surface area contributed by atoms with E-state index in [4.69, 9.17) is 0 Å². The highest BCUT2D eigenvalue weighted by atomic mass is 19.1. The van der Waals surface area contributed by atoms with Crippen LogP contribution in [0.3, 0.4) is 0 Å². The molecule has 1 N–H and O–H groups in total. The molecule has 0 aliphatic rings. The zero-order valence-corrected chi connectivity index (χ0v) is 14.2. The van der Waals surface area contributed by atoms with Gasteiger partial charge in [0, 0.05) is 11.3 Å². The molecule has 4 aromatic rings. The lowest BCUT2D eigenvalue weighted by Crippen LogP contribution is -1.97. The van der Waals surface area contributed by atoms with E-state index in [1.54, 1.807) is 0 Å². The second kappa shape index (κ2) is 7.24. The van der Waals surface area contributed by atoms with Crippen molar-refractivity contribution in [2.45, 2.75) is 0 Å². The average Bonchev–Trinajstić information content (AvgIpc) is 2.71. The third-order valence-electron chi connectivity index (χ3n) is 4.32. The number of hydrogen-bond donors (Lipinski definition) is 1. The smallest absolute Gasteiger partial charge is 0.154 e. The van der Waals surface area contributed by atoms with Crippen molar-refractivity contribution in [3.05, 3.63) is 109 Å². The van der Waals surface area contributed by atoms with E-state index in [2.05, 4.69) is 5.32 Å². The van der Waals surface area contributed by atoms with Crippen molar-refractivity contribution in [1.29, 1.82) is 0 Å². The highest BCUT2D eigenvalue weighted by Gasteiger charge is 2.14. The molecule has 0 unspecified atom stereocenters. The topological polar surface area (TPSA) is 12.0 Å². The van der Waals surface area contributed by atoms with Gasteiger partial charge in [0.25, 0.3) is 0 Å². The molecule has 0 spiro atoms. The van der Waals surface area contributed by atoms with Gasteiger partial charge in [-0.2, -0.15) is 0 Å². The SMILES string of the molecule is Fc1c(Nc2ccccc2)cc(-c2ccccc2)cc1-c1ccccc1. The number of anilines is 2. The third-order valence-corrected chi connectivity index (χ3v) is 4.32. The van der Waals surface area contributed by atoms with E-state index in [1.165, 1.54) is 0 Å². The van der Waals surface area contributed by atoms with Crippen molar-refractivity contribution in [1.82, 2.24) is 0 Å². The number of nitrogens with one attached hydrogen (secondary N) is 1. The molecule has 0 aromatic heterocycles. The highest BCUT2D eigenvalue weighted by molar-refractivity contribution is 5.80. The molecule has 0 amide bonds. The molecular weight excluding hydrogens is 321 g/mol. The summed E-state index contributed by atoms with van der Waals surface area (Å²) < 4.78 is 15.3. The Morgan fingerprint density at radius 3 is 1.69 bits per heavy atom. The van der Waals surface area contributed by atoms with Crippen LogP contribution in [-0.4, -0.2) is 0 Å². The first kappa shape index (κ1) is 16.1. The predicted octanol–water partition coefficient (Wildman–Crippen LogP) is 6.90. The van der Waals surface area contributed by atoms with Crippen LogP contribution in [0.2, 0.25) is 0 Å². The minimum absolute atomic E-state index is 0.250. The molecule has 0 fully saturated rings. The molecule has 0 heterocycles. The van der Waals surface area contributed by atoms with Gasteiger partial charge in [0.15, 0.2) is 5.82 Å². The molecule has 126 valence electrons. The molecule has 26 heavy (non-hydrogen) atoms. The lowest BCUT2D eigenvalue weighted by Gasteiger charge is -2.14. The molecule has 0 radical (unpaired) electrons. The molecule has 0 aliphatic heterocycles. The van der Waals surface area contributed by atoms with Gasteiger partial charge in [0.1, 0.15) is 0 Å². The van der Waals surface area contributed by atoms with Crippen LogP contribution >= 0.6 is 0 Å². The summed E-state index contributed by atoms with van der Waals surface area (Å²) in [6.07, 6.45) is 0. The predicted molar refractivity (Wildman–Crippen MR) is 107 cm³/mol. The van der Waals surface area contributed by atoms with E-state index >= 15 is 4.39 Å². The van der Waals surface area contributed by atoms with E-state index in [1.807, 2.05) is 103 Å². The summed E-state index contributed by atoms with van der Waals surface area (Å²) in [5.41, 5.74) is 4.81. The van der Waals surface area contributed by atoms with Crippen LogP contribution in [0, 0.1) is 5.82 Å². The Morgan fingerprint density at radius 1 is 0.538 bits per heavy atom. The molecular formula is C24H18FN. The van der Waals surface area contributed by atoms with Gasteiger partial charge in [-0.3, -0.25) is 0 Å². The summed E-state index contributed by atoms with van der Waals surface area (Å²) in [6.45, 7) is 0. The van der Waals surface area contributed by atoms with Gasteiger partial charge in [0.2, 0.25) is 0 Å². The molecule has 4 aromatic carbocycles. The van der Waals surface area contributed by atoms with Crippen LogP contribution in [0.25, 0.3) is 22.3 Å². The fourth-order valence-corrected chi connectivity index (χ4v) is 3.02. The summed E-state index contributed by atoms with van der Waals surface area (Å²) in [5.74, 6) is -0.250. The number of benzene rings is 4. The number of rotatable bonds is 4. The molecule has 4 rings (SSSR count). The van der Waals surface area contributed by atoms with Gasteiger partial charge >= 0.3 is 0 Å². The van der Waals surface area contributed by atoms with Crippen LogP contribution in [-0.2, 0) is 0 Å². The zero-order valence-electron chi connectivity index (χ0n) is 14.2. The second-order valence-corrected chi connectivity index (χ2v) is 6.11. The average molecular weight is 339 g/mol. The van der Waals surface area contributed by atoms with Crippen LogP contribution < -0.4 is 5.32 Å². The molecule has 2 heteroatoms. The molecule has 1 nitrogen and oxygen atoms in total. The highest BCUT2D eigenvalue weighted by Crippen LogP contribution is 2.35. The van der Waals surface area contributed by atoms with Gasteiger partial charge in [0.05, 0.1) is 5.69 Å². The standard InChI is InChI=1S/C24H18FN/c25-24-22(19-12-6-2-7-13-19)16-20(18-10-4-1-5-11-18)17-23(24)26-21-14-8-3-9-15-21/h1-17,26H. The van der Waals surface area contributed by atoms with E-state index in [0.29, 0.717) is 11.3 Å². The van der Waals surface area contributed by atoms with Gasteiger partial charge in [-0.15, -0.1) is 0 Å². The van der Waals surface area contributed by atoms with Crippen LogP contribution in [0.15, 0.2) is 103 Å². The summed E-state index contributed by atoms with van der Waals surface area (Å²) in [5, 5.41) is 3.22. The Balaban J connectivity index is 1.87. The monoisotopic (exact) mass is 339 g/mol. The maximum absolute atomic E-state index is 15.3. The first-order valence-electron chi connectivity index (χ1n) is 8.58. The Morgan fingerprint density at radius 2 is 1.08 bits per heavy atom. The van der Waals surface area contributed by atoms with Gasteiger partial charge in [-0.1, -0.05) is 78.9 Å². The Bertz CT molecular complexity index is 996. The first-order valence-corrected chi connectivity index (χ1v) is 8.58. The quantitative estimate of drug-likeness (QED) is 0.426.